The molecule has 0 spiro atoms. The minimum atomic E-state index is -0.758. The molecule has 0 atom stereocenters. The second-order valence-corrected chi connectivity index (χ2v) is 6.00. The van der Waals surface area contributed by atoms with Crippen molar-refractivity contribution in [2.24, 2.45) is 0 Å². The number of hydrogen-bond acceptors (Lipinski definition) is 2. The molecule has 0 amide bonds. The van der Waals surface area contributed by atoms with Gasteiger partial charge in [-0.15, -0.1) is 11.6 Å². The van der Waals surface area contributed by atoms with E-state index in [1.165, 1.54) is 12.8 Å². The second-order valence-electron chi connectivity index (χ2n) is 5.05. The Hall–Kier alpha value is -0.0800. The fourth-order valence-corrected chi connectivity index (χ4v) is 2.38. The first-order chi connectivity index (χ1) is 6.26. The fraction of sp³-hybridized carbons (Fsp3) is 0.909. The number of likely N-dealkylation sites (tertiary alicyclic amines) is 1. The van der Waals surface area contributed by atoms with Gasteiger partial charge in [0.15, 0.2) is 5.78 Å². The number of nitrogens with zero attached hydrogens (tertiary/aromatic N) is 1. The topological polar surface area (TPSA) is 20.3 Å². The monoisotopic (exact) mass is 217 g/mol. The molecule has 0 aliphatic carbocycles. The van der Waals surface area contributed by atoms with Gasteiger partial charge in [-0.1, -0.05) is 0 Å². The predicted octanol–water partition coefficient (Wildman–Crippen LogP) is 2.45. The maximum atomic E-state index is 12.1. The van der Waals surface area contributed by atoms with Gasteiger partial charge in [0.25, 0.3) is 0 Å². The lowest BCUT2D eigenvalue weighted by atomic mass is 9.89. The molecule has 1 aliphatic rings. The van der Waals surface area contributed by atoms with Crippen molar-refractivity contribution in [1.29, 1.82) is 0 Å². The number of carbonyl (C=O) groups excluding carboxylic acids is 1. The van der Waals surface area contributed by atoms with Crippen LogP contribution < -0.4 is 0 Å². The molecule has 2 nitrogen and oxygen atoms in total. The third-order valence-corrected chi connectivity index (χ3v) is 3.16. The Morgan fingerprint density at radius 3 is 1.93 bits per heavy atom. The molecule has 1 fully saturated rings. The minimum absolute atomic E-state index is 0.119. The van der Waals surface area contributed by atoms with Crippen LogP contribution in [0.3, 0.4) is 0 Å². The van der Waals surface area contributed by atoms with Crippen molar-refractivity contribution in [3.63, 3.8) is 0 Å². The van der Waals surface area contributed by atoms with Gasteiger partial charge in [0.2, 0.25) is 0 Å². The van der Waals surface area contributed by atoms with Crippen molar-refractivity contribution in [3.8, 4) is 0 Å². The highest BCUT2D eigenvalue weighted by Gasteiger charge is 2.42. The summed E-state index contributed by atoms with van der Waals surface area (Å²) in [5.74, 6) is 0.119. The van der Waals surface area contributed by atoms with Crippen molar-refractivity contribution >= 4 is 17.4 Å². The summed E-state index contributed by atoms with van der Waals surface area (Å²) in [4.78, 5) is 13.6. The summed E-state index contributed by atoms with van der Waals surface area (Å²) in [6.45, 7) is 9.54. The van der Waals surface area contributed by atoms with E-state index in [1.807, 2.05) is 13.8 Å². The number of Topliss-reactive ketones (excluding diaryl/α,β-unsaturated/α-hetero) is 1. The van der Waals surface area contributed by atoms with Gasteiger partial charge >= 0.3 is 0 Å². The molecule has 0 saturated carbocycles. The normalized spacial score (nSPS) is 20.1. The van der Waals surface area contributed by atoms with Gasteiger partial charge in [0, 0.05) is 0 Å². The number of carbonyl (C=O) groups is 1. The molecular weight excluding hydrogens is 198 g/mol. The molecule has 3 heteroatoms. The smallest absolute Gasteiger partial charge is 0.172 e. The van der Waals surface area contributed by atoms with E-state index in [0.717, 1.165) is 13.1 Å². The molecule has 1 aliphatic heterocycles. The molecule has 0 aromatic heterocycles. The second kappa shape index (κ2) is 3.82. The Morgan fingerprint density at radius 2 is 1.57 bits per heavy atom. The Morgan fingerprint density at radius 1 is 1.14 bits per heavy atom. The van der Waals surface area contributed by atoms with E-state index in [9.17, 15) is 4.79 Å². The zero-order valence-electron chi connectivity index (χ0n) is 9.56. The summed E-state index contributed by atoms with van der Waals surface area (Å²) in [6.07, 6.45) is 2.39. The molecule has 14 heavy (non-hydrogen) atoms. The number of halogens is 1. The van der Waals surface area contributed by atoms with Crippen LogP contribution >= 0.6 is 11.6 Å². The summed E-state index contributed by atoms with van der Waals surface area (Å²) >= 11 is 6.07. The van der Waals surface area contributed by atoms with Crippen molar-refractivity contribution < 1.29 is 4.79 Å². The number of rotatable bonds is 3. The zero-order chi connectivity index (χ0) is 11.0. The minimum Gasteiger partial charge on any atom is -0.296 e. The van der Waals surface area contributed by atoms with Crippen LogP contribution in [0, 0.1) is 0 Å². The van der Waals surface area contributed by atoms with Gasteiger partial charge in [-0.25, -0.2) is 0 Å². The van der Waals surface area contributed by atoms with Crippen molar-refractivity contribution in [1.82, 2.24) is 4.90 Å². The van der Waals surface area contributed by atoms with Crippen LogP contribution in [0.1, 0.15) is 40.5 Å². The van der Waals surface area contributed by atoms with Crippen LogP contribution in [-0.4, -0.2) is 34.2 Å². The molecule has 0 bridgehead atoms. The van der Waals surface area contributed by atoms with E-state index in [-0.39, 0.29) is 5.78 Å². The van der Waals surface area contributed by atoms with Crippen molar-refractivity contribution in [2.75, 3.05) is 13.1 Å². The van der Waals surface area contributed by atoms with Crippen LogP contribution in [0.15, 0.2) is 0 Å². The Labute approximate surface area is 91.6 Å². The average molecular weight is 218 g/mol. The Kier molecular flexibility index (Phi) is 3.27. The average Bonchev–Trinajstić information content (AvgIpc) is 2.53. The van der Waals surface area contributed by atoms with Crippen LogP contribution in [0.5, 0.6) is 0 Å². The molecule has 0 radical (unpaired) electrons. The SMILES string of the molecule is CC(C)(Cl)C(=O)C(C)(C)N1CCCC1. The summed E-state index contributed by atoms with van der Waals surface area (Å²) in [5, 5.41) is 0. The van der Waals surface area contributed by atoms with Crippen LogP contribution in [0.2, 0.25) is 0 Å². The first-order valence-corrected chi connectivity index (χ1v) is 5.63. The first kappa shape index (κ1) is 12.0. The fourth-order valence-electron chi connectivity index (χ4n) is 2.15. The van der Waals surface area contributed by atoms with Gasteiger partial charge in [0.05, 0.1) is 10.4 Å². The van der Waals surface area contributed by atoms with E-state index in [1.54, 1.807) is 13.8 Å². The van der Waals surface area contributed by atoms with E-state index >= 15 is 0 Å². The van der Waals surface area contributed by atoms with Gasteiger partial charge in [-0.2, -0.15) is 0 Å². The summed E-state index contributed by atoms with van der Waals surface area (Å²) in [7, 11) is 0. The van der Waals surface area contributed by atoms with Crippen LogP contribution in [-0.2, 0) is 4.79 Å². The van der Waals surface area contributed by atoms with Crippen LogP contribution in [0.25, 0.3) is 0 Å². The van der Waals surface area contributed by atoms with Gasteiger partial charge in [0.1, 0.15) is 0 Å². The summed E-state index contributed by atoms with van der Waals surface area (Å²) in [5.41, 5.74) is -0.415. The lowest BCUT2D eigenvalue weighted by Crippen LogP contribution is -2.54. The molecule has 1 saturated heterocycles. The van der Waals surface area contributed by atoms with Crippen LogP contribution in [0.4, 0.5) is 0 Å². The van der Waals surface area contributed by atoms with E-state index < -0.39 is 10.4 Å². The molecule has 1 rings (SSSR count). The first-order valence-electron chi connectivity index (χ1n) is 5.25. The standard InChI is InChI=1S/C11H20ClNO/c1-10(2,12)9(14)11(3,4)13-7-5-6-8-13/h5-8H2,1-4H3. The van der Waals surface area contributed by atoms with Gasteiger partial charge < -0.3 is 0 Å². The molecule has 0 aromatic carbocycles. The molecule has 0 N–H and O–H groups in total. The van der Waals surface area contributed by atoms with Crippen molar-refractivity contribution in [3.05, 3.63) is 0 Å². The maximum Gasteiger partial charge on any atom is 0.172 e. The van der Waals surface area contributed by atoms with Gasteiger partial charge in [-0.05, 0) is 53.6 Å². The number of hydrogen-bond donors (Lipinski definition) is 0. The maximum absolute atomic E-state index is 12.1. The molecule has 82 valence electrons. The molecular formula is C11H20ClNO. The lowest BCUT2D eigenvalue weighted by molar-refractivity contribution is -0.130. The lowest BCUT2D eigenvalue weighted by Gasteiger charge is -2.37. The predicted molar refractivity (Wildman–Crippen MR) is 59.8 cm³/mol. The highest BCUT2D eigenvalue weighted by atomic mass is 35.5. The molecule has 1 heterocycles. The van der Waals surface area contributed by atoms with E-state index in [2.05, 4.69) is 4.90 Å². The quantitative estimate of drug-likeness (QED) is 0.677. The Balaban J connectivity index is 2.78. The molecule has 0 aromatic rings. The van der Waals surface area contributed by atoms with Crippen molar-refractivity contribution in [2.45, 2.75) is 50.9 Å². The summed E-state index contributed by atoms with van der Waals surface area (Å²) < 4.78 is 0. The largest absolute Gasteiger partial charge is 0.296 e. The third kappa shape index (κ3) is 2.29. The Bertz CT molecular complexity index is 224. The zero-order valence-corrected chi connectivity index (χ0v) is 10.3. The third-order valence-electron chi connectivity index (χ3n) is 2.99. The number of ketones is 1. The van der Waals surface area contributed by atoms with Gasteiger partial charge in [-0.3, -0.25) is 9.69 Å². The van der Waals surface area contributed by atoms with E-state index in [0.29, 0.717) is 0 Å². The summed E-state index contributed by atoms with van der Waals surface area (Å²) in [6, 6.07) is 0. The highest BCUT2D eigenvalue weighted by Crippen LogP contribution is 2.29. The molecule has 0 unspecified atom stereocenters. The number of alkyl halides is 1. The van der Waals surface area contributed by atoms with E-state index in [4.69, 9.17) is 11.6 Å². The highest BCUT2D eigenvalue weighted by molar-refractivity contribution is 6.35.